The minimum atomic E-state index is -0.475. The van der Waals surface area contributed by atoms with Crippen molar-refractivity contribution in [3.63, 3.8) is 0 Å². The number of carbonyl (C=O) groups excluding carboxylic acids is 1. The van der Waals surface area contributed by atoms with Crippen molar-refractivity contribution in [2.24, 2.45) is 0 Å². The van der Waals surface area contributed by atoms with E-state index < -0.39 is 5.60 Å². The first-order valence-electron chi connectivity index (χ1n) is 10.5. The van der Waals surface area contributed by atoms with Crippen molar-refractivity contribution >= 4 is 22.9 Å². The topological polar surface area (TPSA) is 83.1 Å². The molecule has 2 aromatic heterocycles. The number of anilines is 1. The Labute approximate surface area is 166 Å². The maximum atomic E-state index is 12.5. The van der Waals surface area contributed by atoms with Gasteiger partial charge in [0.2, 0.25) is 0 Å². The van der Waals surface area contributed by atoms with E-state index in [1.807, 2.05) is 20.8 Å². The van der Waals surface area contributed by atoms with E-state index in [1.54, 1.807) is 11.2 Å². The Kier molecular flexibility index (Phi) is 5.17. The smallest absolute Gasteiger partial charge is 0.410 e. The third kappa shape index (κ3) is 4.08. The fourth-order valence-electron chi connectivity index (χ4n) is 4.44. The molecule has 152 valence electrons. The van der Waals surface area contributed by atoms with Crippen LogP contribution in [0.1, 0.15) is 70.8 Å². The summed E-state index contributed by atoms with van der Waals surface area (Å²) in [5, 5.41) is 4.72. The molecule has 1 aliphatic carbocycles. The number of aromatic amines is 1. The average Bonchev–Trinajstić information content (AvgIpc) is 3.30. The highest BCUT2D eigenvalue weighted by molar-refractivity contribution is 5.91. The Morgan fingerprint density at radius 1 is 1.21 bits per heavy atom. The fraction of sp³-hybridized carbons (Fsp3) is 0.667. The second-order valence-electron chi connectivity index (χ2n) is 9.08. The molecule has 2 aliphatic rings. The van der Waals surface area contributed by atoms with Gasteiger partial charge in [0.1, 0.15) is 23.4 Å². The van der Waals surface area contributed by atoms with Crippen LogP contribution in [-0.2, 0) is 4.74 Å². The lowest BCUT2D eigenvalue weighted by atomic mass is 9.97. The average molecular weight is 386 g/mol. The van der Waals surface area contributed by atoms with Crippen LogP contribution in [-0.4, -0.2) is 50.7 Å². The first kappa shape index (κ1) is 19.0. The molecule has 1 unspecified atom stereocenters. The molecule has 2 fully saturated rings. The van der Waals surface area contributed by atoms with Crippen LogP contribution in [0.3, 0.4) is 0 Å². The maximum Gasteiger partial charge on any atom is 0.410 e. The van der Waals surface area contributed by atoms with Gasteiger partial charge in [-0.05, 0) is 57.9 Å². The summed E-state index contributed by atoms with van der Waals surface area (Å²) in [4.78, 5) is 26.6. The molecule has 28 heavy (non-hydrogen) atoms. The van der Waals surface area contributed by atoms with Gasteiger partial charge in [-0.2, -0.15) is 0 Å². The van der Waals surface area contributed by atoms with Gasteiger partial charge in [0.25, 0.3) is 0 Å². The number of rotatable bonds is 3. The van der Waals surface area contributed by atoms with E-state index in [1.165, 1.54) is 31.2 Å². The number of H-pyrrole nitrogens is 1. The molecule has 4 rings (SSSR count). The Morgan fingerprint density at radius 2 is 2.00 bits per heavy atom. The molecule has 1 amide bonds. The van der Waals surface area contributed by atoms with E-state index >= 15 is 0 Å². The first-order chi connectivity index (χ1) is 13.4. The summed E-state index contributed by atoms with van der Waals surface area (Å²) in [6.45, 7) is 7.07. The SMILES string of the molecule is CC(C)(C)OC(=O)N1CCCC(Nc2ncnc3[nH]cc(C4CCCC4)c23)C1. The van der Waals surface area contributed by atoms with Gasteiger partial charge in [0.15, 0.2) is 0 Å². The number of likely N-dealkylation sites (tertiary alicyclic amines) is 1. The highest BCUT2D eigenvalue weighted by Crippen LogP contribution is 2.39. The van der Waals surface area contributed by atoms with Crippen molar-refractivity contribution in [1.82, 2.24) is 19.9 Å². The van der Waals surface area contributed by atoms with E-state index in [0.717, 1.165) is 36.2 Å². The molecular formula is C21H31N5O2. The molecule has 1 aliphatic heterocycles. The molecule has 1 saturated carbocycles. The maximum absolute atomic E-state index is 12.5. The zero-order chi connectivity index (χ0) is 19.7. The first-order valence-corrected chi connectivity index (χ1v) is 10.5. The van der Waals surface area contributed by atoms with Gasteiger partial charge in [-0.15, -0.1) is 0 Å². The highest BCUT2D eigenvalue weighted by Gasteiger charge is 2.29. The van der Waals surface area contributed by atoms with Crippen molar-refractivity contribution in [3.05, 3.63) is 18.1 Å². The Bertz CT molecular complexity index is 835. The van der Waals surface area contributed by atoms with Crippen molar-refractivity contribution in [2.75, 3.05) is 18.4 Å². The van der Waals surface area contributed by atoms with Crippen LogP contribution in [0.25, 0.3) is 11.0 Å². The molecular weight excluding hydrogens is 354 g/mol. The Balaban J connectivity index is 1.51. The predicted octanol–water partition coefficient (Wildman–Crippen LogP) is 4.43. The summed E-state index contributed by atoms with van der Waals surface area (Å²) in [5.41, 5.74) is 1.74. The number of fused-ring (bicyclic) bond motifs is 1. The summed E-state index contributed by atoms with van der Waals surface area (Å²) in [7, 11) is 0. The number of ether oxygens (including phenoxy) is 1. The second kappa shape index (κ2) is 7.60. The molecule has 7 heteroatoms. The van der Waals surface area contributed by atoms with Crippen LogP contribution < -0.4 is 5.32 Å². The van der Waals surface area contributed by atoms with Gasteiger partial charge in [-0.25, -0.2) is 14.8 Å². The highest BCUT2D eigenvalue weighted by atomic mass is 16.6. The summed E-state index contributed by atoms with van der Waals surface area (Å²) in [6.07, 6.45) is 10.5. The zero-order valence-electron chi connectivity index (χ0n) is 17.1. The fourth-order valence-corrected chi connectivity index (χ4v) is 4.44. The normalized spacial score (nSPS) is 21.2. The number of amides is 1. The van der Waals surface area contributed by atoms with Crippen molar-refractivity contribution in [3.8, 4) is 0 Å². The summed E-state index contributed by atoms with van der Waals surface area (Å²) >= 11 is 0. The third-order valence-corrected chi connectivity index (χ3v) is 5.71. The molecule has 0 spiro atoms. The Hall–Kier alpha value is -2.31. The molecule has 1 atom stereocenters. The molecule has 2 aromatic rings. The second-order valence-corrected chi connectivity index (χ2v) is 9.08. The zero-order valence-corrected chi connectivity index (χ0v) is 17.1. The summed E-state index contributed by atoms with van der Waals surface area (Å²) in [6, 6.07) is 0.158. The number of hydrogen-bond donors (Lipinski definition) is 2. The van der Waals surface area contributed by atoms with Crippen LogP contribution in [0.5, 0.6) is 0 Å². The lowest BCUT2D eigenvalue weighted by Gasteiger charge is -2.34. The van der Waals surface area contributed by atoms with Crippen LogP contribution in [0.4, 0.5) is 10.6 Å². The molecule has 1 saturated heterocycles. The lowest BCUT2D eigenvalue weighted by molar-refractivity contribution is 0.0206. The summed E-state index contributed by atoms with van der Waals surface area (Å²) < 4.78 is 5.55. The molecule has 7 nitrogen and oxygen atoms in total. The van der Waals surface area contributed by atoms with Gasteiger partial charge in [0.05, 0.1) is 5.39 Å². The van der Waals surface area contributed by atoms with Crippen LogP contribution in [0.15, 0.2) is 12.5 Å². The van der Waals surface area contributed by atoms with E-state index in [9.17, 15) is 4.79 Å². The standard InChI is InChI=1S/C21H31N5O2/c1-21(2,3)28-20(27)26-10-6-9-15(12-26)25-19-17-16(14-7-4-5-8-14)11-22-18(17)23-13-24-19/h11,13-15H,4-10,12H2,1-3H3,(H2,22,23,24,25). The number of piperidine rings is 1. The van der Waals surface area contributed by atoms with E-state index in [-0.39, 0.29) is 12.1 Å². The summed E-state index contributed by atoms with van der Waals surface area (Å²) in [5.74, 6) is 1.47. The minimum Gasteiger partial charge on any atom is -0.444 e. The molecule has 3 heterocycles. The predicted molar refractivity (Wildman–Crippen MR) is 110 cm³/mol. The Morgan fingerprint density at radius 3 is 2.75 bits per heavy atom. The monoisotopic (exact) mass is 385 g/mol. The van der Waals surface area contributed by atoms with Gasteiger partial charge in [-0.1, -0.05) is 12.8 Å². The number of carbonyl (C=O) groups is 1. The van der Waals surface area contributed by atoms with E-state index in [2.05, 4.69) is 26.5 Å². The van der Waals surface area contributed by atoms with Crippen molar-refractivity contribution in [1.29, 1.82) is 0 Å². The largest absolute Gasteiger partial charge is 0.444 e. The van der Waals surface area contributed by atoms with Crippen LogP contribution in [0, 0.1) is 0 Å². The van der Waals surface area contributed by atoms with Crippen LogP contribution >= 0.6 is 0 Å². The number of hydrogen-bond acceptors (Lipinski definition) is 5. The van der Waals surface area contributed by atoms with Crippen molar-refractivity contribution < 1.29 is 9.53 Å². The van der Waals surface area contributed by atoms with Gasteiger partial charge < -0.3 is 19.9 Å². The molecule has 0 bridgehead atoms. The molecule has 0 aromatic carbocycles. The van der Waals surface area contributed by atoms with Gasteiger partial charge in [-0.3, -0.25) is 0 Å². The quantitative estimate of drug-likeness (QED) is 0.817. The van der Waals surface area contributed by atoms with Gasteiger partial charge in [0, 0.05) is 25.3 Å². The number of nitrogens with zero attached hydrogens (tertiary/aromatic N) is 3. The third-order valence-electron chi connectivity index (χ3n) is 5.71. The van der Waals surface area contributed by atoms with Crippen LogP contribution in [0.2, 0.25) is 0 Å². The molecule has 2 N–H and O–H groups in total. The molecule has 0 radical (unpaired) electrons. The number of nitrogens with one attached hydrogen (secondary N) is 2. The van der Waals surface area contributed by atoms with E-state index in [0.29, 0.717) is 12.5 Å². The van der Waals surface area contributed by atoms with Crippen molar-refractivity contribution in [2.45, 2.75) is 76.9 Å². The number of aromatic nitrogens is 3. The van der Waals surface area contributed by atoms with E-state index in [4.69, 9.17) is 4.74 Å². The van der Waals surface area contributed by atoms with Gasteiger partial charge >= 0.3 is 6.09 Å². The minimum absolute atomic E-state index is 0.158. The lowest BCUT2D eigenvalue weighted by Crippen LogP contribution is -2.47.